The largest absolute Gasteiger partial charge is 0.472 e. The minimum atomic E-state index is -0.215. The third-order valence-corrected chi connectivity index (χ3v) is 2.08. The summed E-state index contributed by atoms with van der Waals surface area (Å²) in [5, 5.41) is 0. The molecule has 1 heterocycles. The molecule has 0 radical (unpaired) electrons. The van der Waals surface area contributed by atoms with Gasteiger partial charge in [0, 0.05) is 11.8 Å². The van der Waals surface area contributed by atoms with E-state index < -0.39 is 0 Å². The fourth-order valence-electron chi connectivity index (χ4n) is 0.969. The number of ether oxygens (including phenoxy) is 1. The van der Waals surface area contributed by atoms with Gasteiger partial charge in [0.05, 0.1) is 0 Å². The molecule has 0 atom stereocenters. The van der Waals surface area contributed by atoms with Crippen LogP contribution in [0.2, 0.25) is 0 Å². The average Bonchev–Trinajstić information content (AvgIpc) is 2.01. The summed E-state index contributed by atoms with van der Waals surface area (Å²) < 4.78 is 5.68. The SMILES string of the molecule is CCC(C)(C)Oc1cc(C)nc(N)n1. The molecule has 1 rings (SSSR count). The van der Waals surface area contributed by atoms with Gasteiger partial charge in [0.15, 0.2) is 0 Å². The summed E-state index contributed by atoms with van der Waals surface area (Å²) in [6, 6.07) is 1.79. The van der Waals surface area contributed by atoms with E-state index in [0.29, 0.717) is 5.88 Å². The second-order valence-corrected chi connectivity index (χ2v) is 3.92. The quantitative estimate of drug-likeness (QED) is 0.800. The summed E-state index contributed by atoms with van der Waals surface area (Å²) >= 11 is 0. The predicted octanol–water partition coefficient (Wildman–Crippen LogP) is 1.93. The van der Waals surface area contributed by atoms with E-state index in [4.69, 9.17) is 10.5 Å². The van der Waals surface area contributed by atoms with Crippen LogP contribution >= 0.6 is 0 Å². The molecule has 4 heteroatoms. The number of aryl methyl sites for hydroxylation is 1. The molecule has 0 saturated carbocycles. The van der Waals surface area contributed by atoms with Gasteiger partial charge in [0.2, 0.25) is 11.8 Å². The smallest absolute Gasteiger partial charge is 0.223 e. The molecule has 0 aliphatic carbocycles. The molecule has 0 aliphatic rings. The summed E-state index contributed by atoms with van der Waals surface area (Å²) in [6.45, 7) is 7.96. The van der Waals surface area contributed by atoms with Gasteiger partial charge in [-0.3, -0.25) is 0 Å². The topological polar surface area (TPSA) is 61.0 Å². The lowest BCUT2D eigenvalue weighted by molar-refractivity contribution is 0.0990. The second kappa shape index (κ2) is 3.82. The summed E-state index contributed by atoms with van der Waals surface area (Å²) in [5.74, 6) is 0.800. The Bertz CT molecular complexity index is 303. The Balaban J connectivity index is 2.87. The first-order valence-corrected chi connectivity index (χ1v) is 4.73. The van der Waals surface area contributed by atoms with Crippen molar-refractivity contribution >= 4 is 5.95 Å². The molecule has 0 saturated heterocycles. The average molecular weight is 195 g/mol. The van der Waals surface area contributed by atoms with Gasteiger partial charge in [-0.25, -0.2) is 4.98 Å². The number of anilines is 1. The number of aromatic nitrogens is 2. The maximum atomic E-state index is 5.68. The van der Waals surface area contributed by atoms with Crippen molar-refractivity contribution in [1.29, 1.82) is 0 Å². The molecular weight excluding hydrogens is 178 g/mol. The highest BCUT2D eigenvalue weighted by Gasteiger charge is 2.17. The van der Waals surface area contributed by atoms with Crippen LogP contribution in [0.15, 0.2) is 6.07 Å². The molecule has 0 aromatic carbocycles. The molecule has 4 nitrogen and oxygen atoms in total. The molecule has 0 bridgehead atoms. The lowest BCUT2D eigenvalue weighted by atomic mass is 10.1. The van der Waals surface area contributed by atoms with Crippen molar-refractivity contribution in [3.05, 3.63) is 11.8 Å². The number of hydrogen-bond acceptors (Lipinski definition) is 4. The molecular formula is C10H17N3O. The number of rotatable bonds is 3. The Hall–Kier alpha value is -1.32. The zero-order valence-corrected chi connectivity index (χ0v) is 9.16. The van der Waals surface area contributed by atoms with Crippen molar-refractivity contribution < 1.29 is 4.74 Å². The molecule has 0 amide bonds. The van der Waals surface area contributed by atoms with Crippen LogP contribution in [0.3, 0.4) is 0 Å². The van der Waals surface area contributed by atoms with Crippen LogP contribution in [0.4, 0.5) is 5.95 Å². The standard InChI is InChI=1S/C10H17N3O/c1-5-10(3,4)14-8-6-7(2)12-9(11)13-8/h6H,5H2,1-4H3,(H2,11,12,13). The monoisotopic (exact) mass is 195 g/mol. The minimum Gasteiger partial charge on any atom is -0.472 e. The van der Waals surface area contributed by atoms with Gasteiger partial charge in [-0.05, 0) is 27.2 Å². The normalized spacial score (nSPS) is 11.4. The fraction of sp³-hybridized carbons (Fsp3) is 0.600. The summed E-state index contributed by atoms with van der Waals surface area (Å²) in [4.78, 5) is 7.99. The molecule has 0 spiro atoms. The first kappa shape index (κ1) is 10.8. The van der Waals surface area contributed by atoms with Crippen LogP contribution in [-0.4, -0.2) is 15.6 Å². The van der Waals surface area contributed by atoms with Crippen molar-refractivity contribution in [2.24, 2.45) is 0 Å². The number of nitrogen functional groups attached to an aromatic ring is 1. The van der Waals surface area contributed by atoms with E-state index in [9.17, 15) is 0 Å². The molecule has 0 fully saturated rings. The zero-order valence-electron chi connectivity index (χ0n) is 9.16. The molecule has 1 aromatic heterocycles. The molecule has 14 heavy (non-hydrogen) atoms. The van der Waals surface area contributed by atoms with Crippen LogP contribution in [0.1, 0.15) is 32.9 Å². The highest BCUT2D eigenvalue weighted by Crippen LogP contribution is 2.19. The van der Waals surface area contributed by atoms with E-state index in [1.54, 1.807) is 6.07 Å². The van der Waals surface area contributed by atoms with Gasteiger partial charge < -0.3 is 10.5 Å². The van der Waals surface area contributed by atoms with E-state index in [0.717, 1.165) is 12.1 Å². The van der Waals surface area contributed by atoms with Crippen LogP contribution in [-0.2, 0) is 0 Å². The van der Waals surface area contributed by atoms with Crippen molar-refractivity contribution in [1.82, 2.24) is 9.97 Å². The lowest BCUT2D eigenvalue weighted by Gasteiger charge is -2.24. The summed E-state index contributed by atoms with van der Waals surface area (Å²) in [6.07, 6.45) is 0.913. The van der Waals surface area contributed by atoms with Gasteiger partial charge >= 0.3 is 0 Å². The van der Waals surface area contributed by atoms with E-state index in [-0.39, 0.29) is 11.5 Å². The predicted molar refractivity (Wildman–Crippen MR) is 56.2 cm³/mol. The third-order valence-electron chi connectivity index (χ3n) is 2.08. The van der Waals surface area contributed by atoms with E-state index in [1.165, 1.54) is 0 Å². The van der Waals surface area contributed by atoms with E-state index >= 15 is 0 Å². The minimum absolute atomic E-state index is 0.215. The van der Waals surface area contributed by atoms with Gasteiger partial charge in [-0.2, -0.15) is 4.98 Å². The summed E-state index contributed by atoms with van der Waals surface area (Å²) in [5.41, 5.74) is 6.12. The zero-order chi connectivity index (χ0) is 10.8. The Kier molecular flexibility index (Phi) is 2.93. The van der Waals surface area contributed by atoms with Crippen molar-refractivity contribution in [2.45, 2.75) is 39.7 Å². The first-order valence-electron chi connectivity index (χ1n) is 4.73. The second-order valence-electron chi connectivity index (χ2n) is 3.92. The third kappa shape index (κ3) is 2.87. The number of nitrogens with zero attached hydrogens (tertiary/aromatic N) is 2. The fourth-order valence-corrected chi connectivity index (χ4v) is 0.969. The molecule has 1 aromatic rings. The van der Waals surface area contributed by atoms with Gasteiger partial charge in [-0.1, -0.05) is 6.92 Å². The lowest BCUT2D eigenvalue weighted by Crippen LogP contribution is -2.27. The summed E-state index contributed by atoms with van der Waals surface area (Å²) in [7, 11) is 0. The van der Waals surface area contributed by atoms with Crippen molar-refractivity contribution in [3.8, 4) is 5.88 Å². The highest BCUT2D eigenvalue weighted by molar-refractivity contribution is 5.25. The first-order chi connectivity index (χ1) is 6.43. The molecule has 78 valence electrons. The van der Waals surface area contributed by atoms with Gasteiger partial charge in [-0.15, -0.1) is 0 Å². The Labute approximate surface area is 84.5 Å². The maximum absolute atomic E-state index is 5.68. The van der Waals surface area contributed by atoms with Crippen molar-refractivity contribution in [2.75, 3.05) is 5.73 Å². The van der Waals surface area contributed by atoms with Gasteiger partial charge in [0.1, 0.15) is 5.60 Å². The molecule has 0 aliphatic heterocycles. The number of nitrogens with two attached hydrogens (primary N) is 1. The molecule has 2 N–H and O–H groups in total. The van der Waals surface area contributed by atoms with E-state index in [2.05, 4.69) is 16.9 Å². The van der Waals surface area contributed by atoms with Gasteiger partial charge in [0.25, 0.3) is 0 Å². The van der Waals surface area contributed by atoms with Crippen LogP contribution < -0.4 is 10.5 Å². The Morgan fingerprint density at radius 3 is 2.57 bits per heavy atom. The Morgan fingerprint density at radius 2 is 2.07 bits per heavy atom. The van der Waals surface area contributed by atoms with Crippen LogP contribution in [0.5, 0.6) is 5.88 Å². The highest BCUT2D eigenvalue weighted by atomic mass is 16.5. The maximum Gasteiger partial charge on any atom is 0.223 e. The number of hydrogen-bond donors (Lipinski definition) is 1. The van der Waals surface area contributed by atoms with Crippen molar-refractivity contribution in [3.63, 3.8) is 0 Å². The Morgan fingerprint density at radius 1 is 1.43 bits per heavy atom. The van der Waals surface area contributed by atoms with E-state index in [1.807, 2.05) is 20.8 Å². The van der Waals surface area contributed by atoms with Crippen LogP contribution in [0.25, 0.3) is 0 Å². The van der Waals surface area contributed by atoms with Crippen LogP contribution in [0, 0.1) is 6.92 Å². The molecule has 0 unspecified atom stereocenters.